The monoisotopic (exact) mass is 388 g/mol. The van der Waals surface area contributed by atoms with E-state index in [0.29, 0.717) is 10.2 Å². The van der Waals surface area contributed by atoms with Gasteiger partial charge in [0.15, 0.2) is 0 Å². The standard InChI is InChI=1S/C17H19Cl3O2Si/c1-11-10-14(22-3)8-9-15(11)16(23,17(18,19)20)12-4-6-13(21-2)7-5-12/h4-10H,1-3,23H3. The normalized spacial score (nSPS) is 14.3. The maximum absolute atomic E-state index is 6.43. The van der Waals surface area contributed by atoms with Gasteiger partial charge in [0.1, 0.15) is 11.5 Å². The zero-order valence-electron chi connectivity index (χ0n) is 13.5. The van der Waals surface area contributed by atoms with Crippen LogP contribution in [0, 0.1) is 6.92 Å². The van der Waals surface area contributed by atoms with Gasteiger partial charge in [0.2, 0.25) is 3.79 Å². The summed E-state index contributed by atoms with van der Waals surface area (Å²) < 4.78 is 9.04. The fraction of sp³-hybridized carbons (Fsp3) is 0.294. The molecule has 124 valence electrons. The molecule has 2 rings (SSSR count). The van der Waals surface area contributed by atoms with Gasteiger partial charge in [-0.2, -0.15) is 0 Å². The maximum atomic E-state index is 6.43. The molecule has 0 aromatic heterocycles. The molecular formula is C17H19Cl3O2Si. The number of aryl methyl sites for hydroxylation is 1. The third kappa shape index (κ3) is 3.48. The first-order valence-corrected chi connectivity index (χ1v) is 9.23. The topological polar surface area (TPSA) is 18.5 Å². The summed E-state index contributed by atoms with van der Waals surface area (Å²) in [5, 5.41) is -0.680. The molecule has 0 fully saturated rings. The number of alkyl halides is 3. The molecule has 0 saturated carbocycles. The predicted octanol–water partition coefficient (Wildman–Crippen LogP) is 3.99. The highest BCUT2D eigenvalue weighted by Gasteiger charge is 2.47. The Bertz CT molecular complexity index is 683. The summed E-state index contributed by atoms with van der Waals surface area (Å²) in [5.74, 6) is 1.56. The average Bonchev–Trinajstić information content (AvgIpc) is 2.53. The predicted molar refractivity (Wildman–Crippen MR) is 102 cm³/mol. The van der Waals surface area contributed by atoms with Crippen LogP contribution >= 0.6 is 34.8 Å². The van der Waals surface area contributed by atoms with E-state index in [1.54, 1.807) is 14.2 Å². The summed E-state index contributed by atoms with van der Waals surface area (Å²) in [7, 11) is 3.89. The van der Waals surface area contributed by atoms with Crippen LogP contribution < -0.4 is 9.47 Å². The van der Waals surface area contributed by atoms with Crippen LogP contribution in [0.5, 0.6) is 11.5 Å². The lowest BCUT2D eigenvalue weighted by atomic mass is 9.88. The van der Waals surface area contributed by atoms with Crippen LogP contribution in [0.3, 0.4) is 0 Å². The molecule has 0 radical (unpaired) electrons. The Morgan fingerprint density at radius 2 is 1.39 bits per heavy atom. The molecule has 2 aromatic rings. The van der Waals surface area contributed by atoms with E-state index in [2.05, 4.69) is 0 Å². The van der Waals surface area contributed by atoms with Crippen LogP contribution in [-0.4, -0.2) is 28.3 Å². The third-order valence-electron chi connectivity index (χ3n) is 4.21. The molecule has 1 unspecified atom stereocenters. The fourth-order valence-electron chi connectivity index (χ4n) is 2.72. The Hall–Kier alpha value is -0.873. The van der Waals surface area contributed by atoms with E-state index in [4.69, 9.17) is 44.3 Å². The molecule has 0 amide bonds. The van der Waals surface area contributed by atoms with Gasteiger partial charge in [0.05, 0.1) is 19.3 Å². The van der Waals surface area contributed by atoms with E-state index >= 15 is 0 Å². The zero-order chi connectivity index (χ0) is 17.3. The van der Waals surface area contributed by atoms with Crippen molar-refractivity contribution in [1.82, 2.24) is 0 Å². The molecule has 0 aliphatic carbocycles. The number of ether oxygens (including phenoxy) is 2. The van der Waals surface area contributed by atoms with E-state index < -0.39 is 8.83 Å². The van der Waals surface area contributed by atoms with Gasteiger partial charge in [-0.3, -0.25) is 0 Å². The number of methoxy groups -OCH3 is 2. The van der Waals surface area contributed by atoms with Gasteiger partial charge in [0.25, 0.3) is 0 Å². The lowest BCUT2D eigenvalue weighted by Crippen LogP contribution is -2.42. The highest BCUT2D eigenvalue weighted by molar-refractivity contribution is 6.70. The van der Waals surface area contributed by atoms with Crippen molar-refractivity contribution >= 4 is 45.0 Å². The number of rotatable bonds is 4. The summed E-state index contributed by atoms with van der Waals surface area (Å²) in [4.78, 5) is 0. The van der Waals surface area contributed by atoms with Gasteiger partial charge in [-0.1, -0.05) is 53.0 Å². The SMILES string of the molecule is COc1ccc(C([SiH3])(c2ccc(OC)cc2C)C(Cl)(Cl)Cl)cc1. The Morgan fingerprint density at radius 1 is 0.870 bits per heavy atom. The quantitative estimate of drug-likeness (QED) is 0.581. The van der Waals surface area contributed by atoms with Crippen molar-refractivity contribution < 1.29 is 9.47 Å². The van der Waals surface area contributed by atoms with Gasteiger partial charge < -0.3 is 9.47 Å². The molecular weight excluding hydrogens is 371 g/mol. The van der Waals surface area contributed by atoms with Crippen molar-refractivity contribution in [1.29, 1.82) is 0 Å². The molecule has 2 aromatic carbocycles. The van der Waals surface area contributed by atoms with Crippen molar-refractivity contribution in [2.45, 2.75) is 15.8 Å². The fourth-order valence-corrected chi connectivity index (χ4v) is 4.25. The van der Waals surface area contributed by atoms with Gasteiger partial charge in [-0.25, -0.2) is 0 Å². The van der Waals surface area contributed by atoms with Crippen molar-refractivity contribution in [2.24, 2.45) is 0 Å². The van der Waals surface area contributed by atoms with E-state index in [1.165, 1.54) is 0 Å². The molecule has 0 N–H and O–H groups in total. The van der Waals surface area contributed by atoms with Crippen molar-refractivity contribution in [3.63, 3.8) is 0 Å². The minimum absolute atomic E-state index is 0.623. The lowest BCUT2D eigenvalue weighted by Gasteiger charge is -2.38. The number of hydrogen-bond donors (Lipinski definition) is 0. The van der Waals surface area contributed by atoms with Gasteiger partial charge in [-0.15, -0.1) is 0 Å². The Labute approximate surface area is 155 Å². The zero-order valence-corrected chi connectivity index (χ0v) is 17.8. The molecule has 0 aliphatic heterocycles. The highest BCUT2D eigenvalue weighted by atomic mass is 35.6. The Balaban J connectivity index is 2.64. The van der Waals surface area contributed by atoms with Crippen LogP contribution in [0.25, 0.3) is 0 Å². The van der Waals surface area contributed by atoms with Crippen molar-refractivity contribution in [3.05, 3.63) is 59.2 Å². The molecule has 0 spiro atoms. The second kappa shape index (κ2) is 6.94. The van der Waals surface area contributed by atoms with Crippen molar-refractivity contribution in [3.8, 4) is 11.5 Å². The smallest absolute Gasteiger partial charge is 0.200 e. The number of halogens is 3. The van der Waals surface area contributed by atoms with Gasteiger partial charge in [0, 0.05) is 10.2 Å². The van der Waals surface area contributed by atoms with Crippen LogP contribution in [0.1, 0.15) is 16.7 Å². The first-order valence-electron chi connectivity index (χ1n) is 7.10. The molecule has 2 nitrogen and oxygen atoms in total. The summed E-state index contributed by atoms with van der Waals surface area (Å²) in [6, 6.07) is 13.5. The second-order valence-electron chi connectivity index (χ2n) is 5.53. The van der Waals surface area contributed by atoms with Gasteiger partial charge >= 0.3 is 0 Å². The summed E-state index contributed by atoms with van der Waals surface area (Å²) in [6.07, 6.45) is 0. The first-order chi connectivity index (χ1) is 10.7. The molecule has 0 saturated heterocycles. The minimum atomic E-state index is -1.47. The van der Waals surface area contributed by atoms with Gasteiger partial charge in [-0.05, 0) is 47.9 Å². The maximum Gasteiger partial charge on any atom is 0.200 e. The third-order valence-corrected chi connectivity index (χ3v) is 8.16. The first kappa shape index (κ1) is 18.5. The van der Waals surface area contributed by atoms with E-state index in [0.717, 1.165) is 28.2 Å². The number of hydrogen-bond acceptors (Lipinski definition) is 2. The Morgan fingerprint density at radius 3 is 1.83 bits per heavy atom. The van der Waals surface area contributed by atoms with E-state index in [-0.39, 0.29) is 0 Å². The molecule has 0 bridgehead atoms. The lowest BCUT2D eigenvalue weighted by molar-refractivity contribution is 0.414. The van der Waals surface area contributed by atoms with E-state index in [9.17, 15) is 0 Å². The molecule has 1 atom stereocenters. The summed E-state index contributed by atoms with van der Waals surface area (Å²) in [6.45, 7) is 2.00. The van der Waals surface area contributed by atoms with Crippen LogP contribution in [0.15, 0.2) is 42.5 Å². The van der Waals surface area contributed by atoms with Crippen LogP contribution in [0.2, 0.25) is 0 Å². The van der Waals surface area contributed by atoms with Crippen LogP contribution in [-0.2, 0) is 5.04 Å². The Kier molecular flexibility index (Phi) is 5.57. The number of benzene rings is 2. The molecule has 0 aliphatic rings. The minimum Gasteiger partial charge on any atom is -0.497 e. The molecule has 23 heavy (non-hydrogen) atoms. The summed E-state index contributed by atoms with van der Waals surface area (Å²) >= 11 is 19.3. The molecule has 0 heterocycles. The second-order valence-corrected chi connectivity index (χ2v) is 9.31. The van der Waals surface area contributed by atoms with Crippen LogP contribution in [0.4, 0.5) is 0 Å². The summed E-state index contributed by atoms with van der Waals surface area (Å²) in [5.41, 5.74) is 2.98. The van der Waals surface area contributed by atoms with Crippen molar-refractivity contribution in [2.75, 3.05) is 14.2 Å². The molecule has 6 heteroatoms. The average molecular weight is 390 g/mol. The largest absolute Gasteiger partial charge is 0.497 e. The van der Waals surface area contributed by atoms with E-state index in [1.807, 2.05) is 49.4 Å². The highest BCUT2D eigenvalue weighted by Crippen LogP contribution is 2.50.